The molecular weight excluding hydrogens is 285 g/mol. The van der Waals surface area contributed by atoms with E-state index in [2.05, 4.69) is 10.5 Å². The number of aryl methyl sites for hydroxylation is 1. The van der Waals surface area contributed by atoms with Crippen LogP contribution in [0.25, 0.3) is 11.3 Å². The van der Waals surface area contributed by atoms with Crippen molar-refractivity contribution < 1.29 is 13.7 Å². The Kier molecular flexibility index (Phi) is 3.74. The number of hydrogen-bond donors (Lipinski definition) is 1. The molecule has 1 N–H and O–H groups in total. The van der Waals surface area contributed by atoms with Gasteiger partial charge >= 0.3 is 0 Å². The van der Waals surface area contributed by atoms with Crippen molar-refractivity contribution in [2.24, 2.45) is 7.05 Å². The lowest BCUT2D eigenvalue weighted by molar-refractivity contribution is 0.0943. The molecule has 1 aromatic carbocycles. The van der Waals surface area contributed by atoms with Crippen molar-refractivity contribution in [3.05, 3.63) is 65.9 Å². The summed E-state index contributed by atoms with van der Waals surface area (Å²) in [6.07, 6.45) is 3.35. The summed E-state index contributed by atoms with van der Waals surface area (Å²) < 4.78 is 19.9. The predicted octanol–water partition coefficient (Wildman–Crippen LogP) is 2.75. The molecule has 0 aliphatic rings. The van der Waals surface area contributed by atoms with Crippen molar-refractivity contribution in [1.29, 1.82) is 0 Å². The van der Waals surface area contributed by atoms with Crippen LogP contribution in [0.3, 0.4) is 0 Å². The Balaban J connectivity index is 1.74. The molecule has 112 valence electrons. The van der Waals surface area contributed by atoms with Gasteiger partial charge in [0.25, 0.3) is 5.91 Å². The number of nitrogens with zero attached hydrogens (tertiary/aromatic N) is 2. The van der Waals surface area contributed by atoms with Crippen molar-refractivity contribution in [2.75, 3.05) is 0 Å². The Labute approximate surface area is 126 Å². The molecule has 0 atom stereocenters. The van der Waals surface area contributed by atoms with E-state index >= 15 is 0 Å². The molecule has 0 bridgehead atoms. The lowest BCUT2D eigenvalue weighted by Crippen LogP contribution is -2.24. The van der Waals surface area contributed by atoms with E-state index in [0.29, 0.717) is 17.0 Å². The summed E-state index contributed by atoms with van der Waals surface area (Å²) in [5.41, 5.74) is 2.01. The van der Waals surface area contributed by atoms with Gasteiger partial charge in [-0.05, 0) is 36.4 Å². The maximum atomic E-state index is 13.0. The van der Waals surface area contributed by atoms with Gasteiger partial charge in [-0.25, -0.2) is 4.39 Å². The Morgan fingerprint density at radius 1 is 1.32 bits per heavy atom. The maximum Gasteiger partial charge on any atom is 0.268 e. The number of benzene rings is 1. The maximum absolute atomic E-state index is 13.0. The van der Waals surface area contributed by atoms with Gasteiger partial charge < -0.3 is 14.4 Å². The average molecular weight is 299 g/mol. The molecule has 0 unspecified atom stereocenters. The minimum atomic E-state index is -0.318. The van der Waals surface area contributed by atoms with E-state index in [4.69, 9.17) is 4.52 Å². The molecule has 2 aromatic heterocycles. The van der Waals surface area contributed by atoms with Gasteiger partial charge in [0.15, 0.2) is 5.76 Å². The number of carbonyl (C=O) groups excluding carboxylic acids is 1. The van der Waals surface area contributed by atoms with Gasteiger partial charge in [-0.3, -0.25) is 4.79 Å². The van der Waals surface area contributed by atoms with E-state index in [9.17, 15) is 9.18 Å². The molecule has 0 saturated carbocycles. The topological polar surface area (TPSA) is 60.1 Å². The molecule has 0 spiro atoms. The van der Waals surface area contributed by atoms with Crippen LogP contribution in [0.4, 0.5) is 4.39 Å². The first-order chi connectivity index (χ1) is 10.6. The predicted molar refractivity (Wildman–Crippen MR) is 78.5 cm³/mol. The molecule has 0 saturated heterocycles. The van der Waals surface area contributed by atoms with Crippen LogP contribution >= 0.6 is 0 Å². The smallest absolute Gasteiger partial charge is 0.268 e. The minimum absolute atomic E-state index is 0.182. The molecule has 0 aliphatic heterocycles. The second-order valence-electron chi connectivity index (χ2n) is 4.87. The van der Waals surface area contributed by atoms with Gasteiger partial charge in [-0.1, -0.05) is 5.16 Å². The van der Waals surface area contributed by atoms with Crippen molar-refractivity contribution >= 4 is 5.91 Å². The fraction of sp³-hybridized carbons (Fsp3) is 0.125. The zero-order chi connectivity index (χ0) is 15.5. The fourth-order valence-corrected chi connectivity index (χ4v) is 2.19. The Morgan fingerprint density at radius 3 is 2.77 bits per heavy atom. The molecule has 5 nitrogen and oxygen atoms in total. The Morgan fingerprint density at radius 2 is 2.09 bits per heavy atom. The van der Waals surface area contributed by atoms with Crippen LogP contribution in [0.5, 0.6) is 0 Å². The fourth-order valence-electron chi connectivity index (χ4n) is 2.19. The molecule has 1 amide bonds. The highest BCUT2D eigenvalue weighted by atomic mass is 19.1. The third-order valence-corrected chi connectivity index (χ3v) is 3.37. The SMILES string of the molecule is Cn1cccc1C(=O)NCc1cnoc1-c1ccc(F)cc1. The molecule has 6 heteroatoms. The zero-order valence-electron chi connectivity index (χ0n) is 11.9. The van der Waals surface area contributed by atoms with Gasteiger partial charge in [0, 0.05) is 30.9 Å². The van der Waals surface area contributed by atoms with Gasteiger partial charge in [0.1, 0.15) is 11.5 Å². The number of nitrogens with one attached hydrogen (secondary N) is 1. The number of hydrogen-bond acceptors (Lipinski definition) is 3. The van der Waals surface area contributed by atoms with Crippen LogP contribution in [0.1, 0.15) is 16.1 Å². The van der Waals surface area contributed by atoms with Gasteiger partial charge in [-0.15, -0.1) is 0 Å². The van der Waals surface area contributed by atoms with E-state index in [1.165, 1.54) is 12.1 Å². The molecule has 22 heavy (non-hydrogen) atoms. The van der Waals surface area contributed by atoms with Crippen molar-refractivity contribution in [1.82, 2.24) is 15.0 Å². The van der Waals surface area contributed by atoms with Crippen molar-refractivity contribution in [3.8, 4) is 11.3 Å². The quantitative estimate of drug-likeness (QED) is 0.806. The second kappa shape index (κ2) is 5.85. The van der Waals surface area contributed by atoms with Crippen molar-refractivity contribution in [3.63, 3.8) is 0 Å². The van der Waals surface area contributed by atoms with Crippen LogP contribution in [-0.4, -0.2) is 15.6 Å². The first-order valence-corrected chi connectivity index (χ1v) is 6.74. The van der Waals surface area contributed by atoms with Crippen LogP contribution in [0, 0.1) is 5.82 Å². The number of halogens is 1. The van der Waals surface area contributed by atoms with Gasteiger partial charge in [-0.2, -0.15) is 0 Å². The van der Waals surface area contributed by atoms with E-state index in [1.54, 1.807) is 48.3 Å². The molecular formula is C16H14FN3O2. The molecule has 2 heterocycles. The van der Waals surface area contributed by atoms with E-state index < -0.39 is 0 Å². The van der Waals surface area contributed by atoms with E-state index in [0.717, 1.165) is 5.56 Å². The van der Waals surface area contributed by atoms with Gasteiger partial charge in [0.2, 0.25) is 0 Å². The van der Waals surface area contributed by atoms with Crippen LogP contribution in [0.2, 0.25) is 0 Å². The van der Waals surface area contributed by atoms with Gasteiger partial charge in [0.05, 0.1) is 6.20 Å². The molecule has 0 aliphatic carbocycles. The van der Waals surface area contributed by atoms with E-state index in [1.807, 2.05) is 0 Å². The van der Waals surface area contributed by atoms with Crippen LogP contribution in [0.15, 0.2) is 53.3 Å². The number of rotatable bonds is 4. The zero-order valence-corrected chi connectivity index (χ0v) is 11.9. The number of amides is 1. The molecule has 0 fully saturated rings. The summed E-state index contributed by atoms with van der Waals surface area (Å²) in [6.45, 7) is 0.278. The first-order valence-electron chi connectivity index (χ1n) is 6.74. The summed E-state index contributed by atoms with van der Waals surface area (Å²) >= 11 is 0. The molecule has 3 aromatic rings. The Bertz CT molecular complexity index is 790. The number of aromatic nitrogens is 2. The van der Waals surface area contributed by atoms with E-state index in [-0.39, 0.29) is 18.3 Å². The molecule has 0 radical (unpaired) electrons. The highest BCUT2D eigenvalue weighted by Gasteiger charge is 2.13. The average Bonchev–Trinajstić information content (AvgIpc) is 3.14. The largest absolute Gasteiger partial charge is 0.356 e. The molecule has 3 rings (SSSR count). The standard InChI is InChI=1S/C16H14FN3O2/c1-20-8-2-3-14(20)16(21)18-9-12-10-19-22-15(12)11-4-6-13(17)7-5-11/h2-8,10H,9H2,1H3,(H,18,21). The summed E-state index contributed by atoms with van der Waals surface area (Å²) in [4.78, 5) is 12.1. The minimum Gasteiger partial charge on any atom is -0.356 e. The lowest BCUT2D eigenvalue weighted by atomic mass is 10.1. The third-order valence-electron chi connectivity index (χ3n) is 3.37. The third kappa shape index (κ3) is 2.76. The summed E-state index contributed by atoms with van der Waals surface area (Å²) in [7, 11) is 1.80. The van der Waals surface area contributed by atoms with Crippen molar-refractivity contribution in [2.45, 2.75) is 6.54 Å². The highest BCUT2D eigenvalue weighted by Crippen LogP contribution is 2.23. The first kappa shape index (κ1) is 14.1. The summed E-state index contributed by atoms with van der Waals surface area (Å²) in [5.74, 6) is 0.0211. The second-order valence-corrected chi connectivity index (χ2v) is 4.87. The lowest BCUT2D eigenvalue weighted by Gasteiger charge is -2.06. The monoisotopic (exact) mass is 299 g/mol. The summed E-state index contributed by atoms with van der Waals surface area (Å²) in [6, 6.07) is 9.47. The summed E-state index contributed by atoms with van der Waals surface area (Å²) in [5, 5.41) is 6.57. The Hall–Kier alpha value is -2.89. The number of carbonyl (C=O) groups is 1. The highest BCUT2D eigenvalue weighted by molar-refractivity contribution is 5.92. The van der Waals surface area contributed by atoms with Crippen LogP contribution in [-0.2, 0) is 13.6 Å². The normalized spacial score (nSPS) is 10.6. The van der Waals surface area contributed by atoms with Crippen LogP contribution < -0.4 is 5.32 Å².